The lowest BCUT2D eigenvalue weighted by Gasteiger charge is -2.31. The normalized spacial score (nSPS) is 38.0. The van der Waals surface area contributed by atoms with E-state index in [4.69, 9.17) is 0 Å². The Morgan fingerprint density at radius 3 is 1.83 bits per heavy atom. The minimum Gasteiger partial charge on any atom is -0.273 e. The fraction of sp³-hybridized carbons (Fsp3) is 0.556. The number of fused-ring (bicyclic) bond motifs is 5. The fourth-order valence-electron chi connectivity index (χ4n) is 5.11. The average Bonchev–Trinajstić information content (AvgIpc) is 3.12. The van der Waals surface area contributed by atoms with Crippen molar-refractivity contribution >= 4 is 21.8 Å². The second-order valence-corrected chi connectivity index (χ2v) is 9.38. The van der Waals surface area contributed by atoms with E-state index < -0.39 is 33.7 Å². The number of benzene rings is 1. The molecule has 2 amide bonds. The molecule has 0 N–H and O–H groups in total. The lowest BCUT2D eigenvalue weighted by Crippen LogP contribution is -2.38. The number of nitrogens with zero attached hydrogens (tertiary/aromatic N) is 1. The van der Waals surface area contributed by atoms with E-state index >= 15 is 0 Å². The summed E-state index contributed by atoms with van der Waals surface area (Å²) in [5, 5.41) is 0. The third-order valence-corrected chi connectivity index (χ3v) is 8.27. The molecule has 2 aliphatic carbocycles. The van der Waals surface area contributed by atoms with Gasteiger partial charge in [0.1, 0.15) is 0 Å². The Balaban J connectivity index is 1.75. The van der Waals surface area contributed by atoms with E-state index in [0.29, 0.717) is 16.1 Å². The molecule has 2 saturated carbocycles. The second kappa shape index (κ2) is 4.91. The minimum absolute atomic E-state index is 0.00298. The van der Waals surface area contributed by atoms with Gasteiger partial charge >= 0.3 is 0 Å². The Hall–Kier alpha value is -1.69. The molecule has 4 rings (SSSR count). The van der Waals surface area contributed by atoms with Gasteiger partial charge in [-0.3, -0.25) is 9.59 Å². The Morgan fingerprint density at radius 2 is 1.38 bits per heavy atom. The molecule has 6 atom stereocenters. The Kier molecular flexibility index (Phi) is 3.24. The predicted octanol–water partition coefficient (Wildman–Crippen LogP) is 2.21. The number of aryl methyl sites for hydroxylation is 1. The number of rotatable bonds is 2. The monoisotopic (exact) mass is 347 g/mol. The first-order valence-corrected chi connectivity index (χ1v) is 9.89. The summed E-state index contributed by atoms with van der Waals surface area (Å²) in [6.45, 7) is 6.08. The van der Waals surface area contributed by atoms with Gasteiger partial charge in [0.15, 0.2) is 0 Å². The van der Waals surface area contributed by atoms with Gasteiger partial charge in [0.25, 0.3) is 10.0 Å². The summed E-state index contributed by atoms with van der Waals surface area (Å²) in [5.74, 6) is -0.962. The average molecular weight is 347 g/mol. The molecule has 0 radical (unpaired) electrons. The summed E-state index contributed by atoms with van der Waals surface area (Å²) in [7, 11) is -4.12. The molecule has 6 heteroatoms. The van der Waals surface area contributed by atoms with E-state index in [1.807, 2.05) is 6.92 Å². The minimum atomic E-state index is -4.12. The van der Waals surface area contributed by atoms with Crippen molar-refractivity contribution in [1.29, 1.82) is 0 Å². The van der Waals surface area contributed by atoms with Crippen LogP contribution in [0, 0.1) is 42.4 Å². The lowest BCUT2D eigenvalue weighted by molar-refractivity contribution is -0.134. The molecule has 6 unspecified atom stereocenters. The van der Waals surface area contributed by atoms with Crippen molar-refractivity contribution in [2.24, 2.45) is 35.5 Å². The first-order chi connectivity index (χ1) is 11.2. The summed E-state index contributed by atoms with van der Waals surface area (Å²) in [5.41, 5.74) is 0.922. The Morgan fingerprint density at radius 1 is 0.917 bits per heavy atom. The number of imide groups is 1. The summed E-state index contributed by atoms with van der Waals surface area (Å²) < 4.78 is 26.3. The van der Waals surface area contributed by atoms with Gasteiger partial charge in [0.05, 0.1) is 16.7 Å². The summed E-state index contributed by atoms with van der Waals surface area (Å²) in [6.07, 6.45) is 0.869. The van der Waals surface area contributed by atoms with E-state index in [1.165, 1.54) is 12.1 Å². The topological polar surface area (TPSA) is 71.5 Å². The lowest BCUT2D eigenvalue weighted by atomic mass is 9.70. The highest BCUT2D eigenvalue weighted by Crippen LogP contribution is 2.61. The zero-order chi connectivity index (χ0) is 17.4. The highest BCUT2D eigenvalue weighted by atomic mass is 32.2. The molecule has 1 aromatic carbocycles. The van der Waals surface area contributed by atoms with Crippen molar-refractivity contribution < 1.29 is 18.0 Å². The molecule has 5 nitrogen and oxygen atoms in total. The van der Waals surface area contributed by atoms with E-state index in [2.05, 4.69) is 13.8 Å². The molecule has 24 heavy (non-hydrogen) atoms. The number of sulfonamides is 1. The Labute approximate surface area is 142 Å². The predicted molar refractivity (Wildman–Crippen MR) is 87.1 cm³/mol. The summed E-state index contributed by atoms with van der Waals surface area (Å²) in [4.78, 5) is 25.7. The van der Waals surface area contributed by atoms with Gasteiger partial charge < -0.3 is 0 Å². The molecule has 1 heterocycles. The third kappa shape index (κ3) is 1.83. The smallest absolute Gasteiger partial charge is 0.273 e. The van der Waals surface area contributed by atoms with E-state index in [-0.39, 0.29) is 16.7 Å². The molecular weight excluding hydrogens is 326 g/mol. The number of carbonyl (C=O) groups is 2. The largest absolute Gasteiger partial charge is 0.273 e. The zero-order valence-corrected chi connectivity index (χ0v) is 14.8. The van der Waals surface area contributed by atoms with E-state index in [1.54, 1.807) is 12.1 Å². The van der Waals surface area contributed by atoms with Gasteiger partial charge in [0.2, 0.25) is 11.8 Å². The van der Waals surface area contributed by atoms with Crippen molar-refractivity contribution in [3.63, 3.8) is 0 Å². The van der Waals surface area contributed by atoms with Crippen molar-refractivity contribution in [2.75, 3.05) is 0 Å². The fourth-order valence-corrected chi connectivity index (χ4v) is 6.52. The van der Waals surface area contributed by atoms with Gasteiger partial charge in [-0.2, -0.15) is 4.31 Å². The van der Waals surface area contributed by atoms with Crippen LogP contribution in [-0.2, 0) is 19.6 Å². The van der Waals surface area contributed by atoms with Crippen LogP contribution in [-0.4, -0.2) is 24.5 Å². The van der Waals surface area contributed by atoms with Crippen LogP contribution in [0.1, 0.15) is 25.8 Å². The number of amides is 2. The van der Waals surface area contributed by atoms with Crippen LogP contribution in [0.2, 0.25) is 0 Å². The van der Waals surface area contributed by atoms with Crippen molar-refractivity contribution in [3.8, 4) is 0 Å². The maximum absolute atomic E-state index is 12.9. The highest BCUT2D eigenvalue weighted by Gasteiger charge is 2.67. The van der Waals surface area contributed by atoms with E-state index in [0.717, 1.165) is 12.0 Å². The van der Waals surface area contributed by atoms with Crippen LogP contribution in [0.25, 0.3) is 0 Å². The Bertz CT molecular complexity index is 797. The zero-order valence-electron chi connectivity index (χ0n) is 14.0. The standard InChI is InChI=1S/C18H21NO4S/c1-9-4-6-12(7-5-9)24(22,23)19-17(20)15-13-8-14(11(3)10(13)2)16(15)18(19)21/h4-7,10-11,13-16H,8H2,1-3H3. The number of carbonyl (C=O) groups excluding carboxylic acids is 2. The van der Waals surface area contributed by atoms with Gasteiger partial charge in [-0.1, -0.05) is 31.5 Å². The first-order valence-electron chi connectivity index (χ1n) is 8.45. The molecule has 1 saturated heterocycles. The molecule has 3 aliphatic rings. The van der Waals surface area contributed by atoms with Crippen molar-refractivity contribution in [3.05, 3.63) is 29.8 Å². The molecule has 0 aromatic heterocycles. The van der Waals surface area contributed by atoms with Crippen LogP contribution >= 0.6 is 0 Å². The quantitative estimate of drug-likeness (QED) is 0.769. The highest BCUT2D eigenvalue weighted by molar-refractivity contribution is 7.90. The molecule has 3 fully saturated rings. The summed E-state index contributed by atoms with van der Waals surface area (Å²) >= 11 is 0. The SMILES string of the molecule is Cc1ccc(S(=O)(=O)N2C(=O)C3C4CC(C(C)C4C)C3C2=O)cc1. The van der Waals surface area contributed by atoms with Gasteiger partial charge in [-0.25, -0.2) is 8.42 Å². The van der Waals surface area contributed by atoms with Gasteiger partial charge in [-0.15, -0.1) is 0 Å². The first kappa shape index (κ1) is 15.8. The van der Waals surface area contributed by atoms with Gasteiger partial charge in [0, 0.05) is 0 Å². The van der Waals surface area contributed by atoms with Crippen LogP contribution in [0.3, 0.4) is 0 Å². The molecule has 1 aromatic rings. The molecular formula is C18H21NO4S. The molecule has 0 spiro atoms. The second-order valence-electron chi connectivity index (χ2n) is 7.59. The van der Waals surface area contributed by atoms with Crippen LogP contribution in [0.15, 0.2) is 29.2 Å². The van der Waals surface area contributed by atoms with Crippen LogP contribution < -0.4 is 0 Å². The van der Waals surface area contributed by atoms with Crippen LogP contribution in [0.5, 0.6) is 0 Å². The molecule has 2 bridgehead atoms. The summed E-state index contributed by atoms with van der Waals surface area (Å²) in [6, 6.07) is 6.26. The van der Waals surface area contributed by atoms with Gasteiger partial charge in [-0.05, 0) is 49.1 Å². The number of hydrogen-bond donors (Lipinski definition) is 0. The van der Waals surface area contributed by atoms with Crippen molar-refractivity contribution in [1.82, 2.24) is 4.31 Å². The molecule has 128 valence electrons. The maximum Gasteiger partial charge on any atom is 0.273 e. The molecule has 1 aliphatic heterocycles. The van der Waals surface area contributed by atoms with Crippen LogP contribution in [0.4, 0.5) is 0 Å². The number of hydrogen-bond acceptors (Lipinski definition) is 4. The third-order valence-electron chi connectivity index (χ3n) is 6.56. The van der Waals surface area contributed by atoms with Crippen molar-refractivity contribution in [2.45, 2.75) is 32.1 Å². The maximum atomic E-state index is 12.9. The van der Waals surface area contributed by atoms with E-state index in [9.17, 15) is 18.0 Å².